The van der Waals surface area contributed by atoms with Crippen molar-refractivity contribution in [2.75, 3.05) is 13.1 Å². The van der Waals surface area contributed by atoms with E-state index in [1.807, 2.05) is 0 Å². The summed E-state index contributed by atoms with van der Waals surface area (Å²) in [6.07, 6.45) is -1.87. The monoisotopic (exact) mass is 121 g/mol. The average molecular weight is 121 g/mol. The first-order chi connectivity index (χ1) is 3.79. The fraction of sp³-hybridized carbons (Fsp3) is 1.00. The van der Waals surface area contributed by atoms with Crippen molar-refractivity contribution < 1.29 is 8.78 Å². The van der Waals surface area contributed by atoms with Crippen LogP contribution in [0, 0.1) is 0 Å². The van der Waals surface area contributed by atoms with Crippen LogP contribution in [0.5, 0.6) is 0 Å². The zero-order chi connectivity index (χ0) is 5.98. The van der Waals surface area contributed by atoms with Crippen molar-refractivity contribution in [3.63, 3.8) is 0 Å². The minimum absolute atomic E-state index is 0.0764. The third-order valence-corrected chi connectivity index (χ3v) is 1.24. The minimum Gasteiger partial charge on any atom is -0.311 e. The van der Waals surface area contributed by atoms with E-state index in [0.29, 0.717) is 13.1 Å². The molecule has 0 spiro atoms. The van der Waals surface area contributed by atoms with Crippen molar-refractivity contribution in [1.82, 2.24) is 5.32 Å². The Balaban J connectivity index is 2.23. The molecule has 1 fully saturated rings. The van der Waals surface area contributed by atoms with Crippen LogP contribution in [0.25, 0.3) is 0 Å². The minimum atomic E-state index is -0.973. The summed E-state index contributed by atoms with van der Waals surface area (Å²) in [5.41, 5.74) is 0. The summed E-state index contributed by atoms with van der Waals surface area (Å²) < 4.78 is 24.3. The van der Waals surface area contributed by atoms with Crippen molar-refractivity contribution in [3.8, 4) is 0 Å². The molecular formula is C5H9F2N. The fourth-order valence-corrected chi connectivity index (χ4v) is 0.841. The predicted molar refractivity (Wildman–Crippen MR) is 27.3 cm³/mol. The van der Waals surface area contributed by atoms with Crippen LogP contribution in [0.15, 0.2) is 0 Å². The highest BCUT2D eigenvalue weighted by Gasteiger charge is 2.19. The Bertz CT molecular complexity index is 68.8. The highest BCUT2D eigenvalue weighted by molar-refractivity contribution is 4.74. The molecule has 0 aromatic heterocycles. The number of nitrogens with one attached hydrogen (secondary N) is 1. The van der Waals surface area contributed by atoms with Gasteiger partial charge in [0.2, 0.25) is 0 Å². The Kier molecular flexibility index (Phi) is 1.78. The van der Waals surface area contributed by atoms with E-state index in [9.17, 15) is 8.78 Å². The highest BCUT2D eigenvalue weighted by Crippen LogP contribution is 2.08. The molecule has 0 aromatic rings. The predicted octanol–water partition coefficient (Wildman–Crippen LogP) is 0.656. The number of hydrogen-bond donors (Lipinski definition) is 1. The maximum atomic E-state index is 12.1. The maximum absolute atomic E-state index is 12.1. The van der Waals surface area contributed by atoms with Gasteiger partial charge in [0.05, 0.1) is 0 Å². The topological polar surface area (TPSA) is 12.0 Å². The summed E-state index contributed by atoms with van der Waals surface area (Å²) >= 11 is 0. The van der Waals surface area contributed by atoms with E-state index < -0.39 is 12.3 Å². The molecule has 0 bridgehead atoms. The van der Waals surface area contributed by atoms with Gasteiger partial charge in [-0.25, -0.2) is 8.78 Å². The molecule has 0 aromatic carbocycles. The lowest BCUT2D eigenvalue weighted by atomic mass is 10.1. The molecule has 0 aliphatic carbocycles. The molecule has 1 aliphatic rings. The lowest BCUT2D eigenvalue weighted by Crippen LogP contribution is -2.38. The number of alkyl halides is 2. The van der Waals surface area contributed by atoms with E-state index >= 15 is 0 Å². The summed E-state index contributed by atoms with van der Waals surface area (Å²) in [5.74, 6) is 0. The number of halogens is 2. The van der Waals surface area contributed by atoms with Gasteiger partial charge in [-0.15, -0.1) is 0 Å². The van der Waals surface area contributed by atoms with E-state index in [1.54, 1.807) is 0 Å². The summed E-state index contributed by atoms with van der Waals surface area (Å²) in [6, 6.07) is 0. The third-order valence-electron chi connectivity index (χ3n) is 1.24. The first-order valence-electron chi connectivity index (χ1n) is 2.78. The normalized spacial score (nSPS) is 39.8. The number of piperidine rings is 1. The maximum Gasteiger partial charge on any atom is 0.115 e. The van der Waals surface area contributed by atoms with Crippen molar-refractivity contribution in [3.05, 3.63) is 0 Å². The highest BCUT2D eigenvalue weighted by atomic mass is 19.1. The van der Waals surface area contributed by atoms with E-state index in [4.69, 9.17) is 0 Å². The fourth-order valence-electron chi connectivity index (χ4n) is 0.841. The Labute approximate surface area is 47.1 Å². The second kappa shape index (κ2) is 2.40. The molecule has 1 rings (SSSR count). The van der Waals surface area contributed by atoms with Crippen molar-refractivity contribution in [2.45, 2.75) is 18.8 Å². The van der Waals surface area contributed by atoms with Gasteiger partial charge in [-0.3, -0.25) is 0 Å². The molecule has 8 heavy (non-hydrogen) atoms. The summed E-state index contributed by atoms with van der Waals surface area (Å²) in [6.45, 7) is 0.640. The van der Waals surface area contributed by atoms with E-state index in [1.165, 1.54) is 0 Å². The van der Waals surface area contributed by atoms with Gasteiger partial charge in [0.25, 0.3) is 0 Å². The second-order valence-corrected chi connectivity index (χ2v) is 2.09. The molecule has 1 unspecified atom stereocenters. The molecule has 1 nitrogen and oxygen atoms in total. The molecule has 1 aliphatic heterocycles. The summed E-state index contributed by atoms with van der Waals surface area (Å²) in [5, 5.41) is 2.63. The van der Waals surface area contributed by atoms with Crippen LogP contribution < -0.4 is 5.32 Å². The van der Waals surface area contributed by atoms with Crippen LogP contribution in [-0.4, -0.2) is 25.4 Å². The molecule has 3 heteroatoms. The molecule has 1 saturated heterocycles. The van der Waals surface area contributed by atoms with E-state index in [2.05, 4.69) is 5.32 Å². The Morgan fingerprint density at radius 1 is 1.12 bits per heavy atom. The smallest absolute Gasteiger partial charge is 0.115 e. The Morgan fingerprint density at radius 3 is 1.88 bits per heavy atom. The van der Waals surface area contributed by atoms with E-state index in [-0.39, 0.29) is 6.42 Å². The standard InChI is InChI=1S/C5H9F2N/c6-4-1-5(7)3-8-2-4/h4-5,8H,1-3H2/t4-,5?/m0/s1. The van der Waals surface area contributed by atoms with Gasteiger partial charge in [-0.05, 0) is 0 Å². The molecule has 1 heterocycles. The zero-order valence-electron chi connectivity index (χ0n) is 4.53. The largest absolute Gasteiger partial charge is 0.311 e. The first-order valence-corrected chi connectivity index (χ1v) is 2.78. The lowest BCUT2D eigenvalue weighted by molar-refractivity contribution is 0.173. The average Bonchev–Trinajstić information content (AvgIpc) is 1.64. The molecule has 0 amide bonds. The second-order valence-electron chi connectivity index (χ2n) is 2.09. The Hall–Kier alpha value is -0.180. The van der Waals surface area contributed by atoms with Gasteiger partial charge in [0, 0.05) is 19.5 Å². The van der Waals surface area contributed by atoms with Crippen molar-refractivity contribution in [1.29, 1.82) is 0 Å². The number of hydrogen-bond acceptors (Lipinski definition) is 1. The van der Waals surface area contributed by atoms with Gasteiger partial charge in [0.15, 0.2) is 0 Å². The quantitative estimate of drug-likeness (QED) is 0.496. The molecule has 0 saturated carbocycles. The summed E-state index contributed by atoms with van der Waals surface area (Å²) in [4.78, 5) is 0. The van der Waals surface area contributed by atoms with Gasteiger partial charge in [-0.2, -0.15) is 0 Å². The van der Waals surface area contributed by atoms with Crippen molar-refractivity contribution in [2.24, 2.45) is 0 Å². The lowest BCUT2D eigenvalue weighted by Gasteiger charge is -2.18. The Morgan fingerprint density at radius 2 is 1.62 bits per heavy atom. The van der Waals surface area contributed by atoms with Crippen LogP contribution in [0.3, 0.4) is 0 Å². The van der Waals surface area contributed by atoms with Crippen LogP contribution >= 0.6 is 0 Å². The van der Waals surface area contributed by atoms with Gasteiger partial charge in [-0.1, -0.05) is 0 Å². The third kappa shape index (κ3) is 1.40. The molecule has 48 valence electrons. The van der Waals surface area contributed by atoms with Crippen LogP contribution in [0.4, 0.5) is 8.78 Å². The number of rotatable bonds is 0. The molecule has 2 atom stereocenters. The van der Waals surface area contributed by atoms with Gasteiger partial charge in [0.1, 0.15) is 12.3 Å². The zero-order valence-corrected chi connectivity index (χ0v) is 4.53. The molecule has 0 radical (unpaired) electrons. The van der Waals surface area contributed by atoms with Gasteiger partial charge < -0.3 is 5.32 Å². The van der Waals surface area contributed by atoms with E-state index in [0.717, 1.165) is 0 Å². The molecule has 1 N–H and O–H groups in total. The van der Waals surface area contributed by atoms with Crippen LogP contribution in [-0.2, 0) is 0 Å². The van der Waals surface area contributed by atoms with Crippen LogP contribution in [0.2, 0.25) is 0 Å². The van der Waals surface area contributed by atoms with Crippen molar-refractivity contribution >= 4 is 0 Å². The van der Waals surface area contributed by atoms with Crippen LogP contribution in [0.1, 0.15) is 6.42 Å². The van der Waals surface area contributed by atoms with Gasteiger partial charge >= 0.3 is 0 Å². The summed E-state index contributed by atoms with van der Waals surface area (Å²) in [7, 11) is 0. The first kappa shape index (κ1) is 5.95. The molecular weight excluding hydrogens is 112 g/mol. The SMILES string of the molecule is FC1CNC[C@@H](F)C1.